The summed E-state index contributed by atoms with van der Waals surface area (Å²) in [7, 11) is -9.91. The van der Waals surface area contributed by atoms with Gasteiger partial charge in [0.1, 0.15) is 19.3 Å². The van der Waals surface area contributed by atoms with Crippen LogP contribution < -0.4 is 0 Å². The zero-order chi connectivity index (χ0) is 68.7. The van der Waals surface area contributed by atoms with Crippen molar-refractivity contribution < 1.29 is 80.2 Å². The van der Waals surface area contributed by atoms with E-state index in [-0.39, 0.29) is 25.7 Å². The lowest BCUT2D eigenvalue weighted by atomic mass is 9.99. The molecule has 7 atom stereocenters. The van der Waals surface area contributed by atoms with Gasteiger partial charge in [-0.1, -0.05) is 325 Å². The third kappa shape index (κ3) is 65.8. The van der Waals surface area contributed by atoms with E-state index in [1.54, 1.807) is 0 Å². The van der Waals surface area contributed by atoms with Gasteiger partial charge < -0.3 is 33.8 Å². The minimum atomic E-state index is -4.96. The molecule has 0 aromatic rings. The van der Waals surface area contributed by atoms with E-state index >= 15 is 0 Å². The van der Waals surface area contributed by atoms with Gasteiger partial charge in [-0.15, -0.1) is 0 Å². The molecule has 17 nitrogen and oxygen atoms in total. The summed E-state index contributed by atoms with van der Waals surface area (Å²) < 4.78 is 68.4. The molecule has 0 aliphatic carbocycles. The summed E-state index contributed by atoms with van der Waals surface area (Å²) in [5.41, 5.74) is 0. The number of hydrogen-bond acceptors (Lipinski definition) is 15. The van der Waals surface area contributed by atoms with Gasteiger partial charge in [-0.2, -0.15) is 0 Å². The minimum absolute atomic E-state index is 0.106. The van der Waals surface area contributed by atoms with Crippen LogP contribution in [0.5, 0.6) is 0 Å². The van der Waals surface area contributed by atoms with E-state index in [1.165, 1.54) is 180 Å². The van der Waals surface area contributed by atoms with Crippen LogP contribution in [0.25, 0.3) is 0 Å². The summed E-state index contributed by atoms with van der Waals surface area (Å²) in [4.78, 5) is 72.7. The number of aliphatic hydroxyl groups is 1. The van der Waals surface area contributed by atoms with Crippen LogP contribution in [-0.4, -0.2) is 96.7 Å². The van der Waals surface area contributed by atoms with Gasteiger partial charge in [-0.05, 0) is 43.4 Å². The van der Waals surface area contributed by atoms with Crippen molar-refractivity contribution in [2.45, 2.75) is 394 Å². The van der Waals surface area contributed by atoms with Crippen LogP contribution in [0.2, 0.25) is 0 Å². The second-order valence-electron chi connectivity index (χ2n) is 27.6. The first-order valence-corrected chi connectivity index (χ1v) is 41.4. The Labute approximate surface area is 568 Å². The number of esters is 4. The molecule has 0 radical (unpaired) electrons. The Morgan fingerprint density at radius 3 is 0.817 bits per heavy atom. The number of unbranched alkanes of at least 4 members (excludes halogenated alkanes) is 38. The first-order valence-electron chi connectivity index (χ1n) is 38.4. The average Bonchev–Trinajstić information content (AvgIpc) is 2.14. The molecule has 0 amide bonds. The van der Waals surface area contributed by atoms with E-state index in [4.69, 9.17) is 37.0 Å². The van der Waals surface area contributed by atoms with Gasteiger partial charge in [0.15, 0.2) is 12.2 Å². The molecule has 0 bridgehead atoms. The second-order valence-corrected chi connectivity index (χ2v) is 30.6. The number of carbonyl (C=O) groups excluding carboxylic acids is 4. The summed E-state index contributed by atoms with van der Waals surface area (Å²) in [6.07, 6.45) is 49.8. The normalized spacial score (nSPS) is 14.7. The molecule has 0 rings (SSSR count). The zero-order valence-electron chi connectivity index (χ0n) is 60.7. The molecule has 552 valence electrons. The lowest BCUT2D eigenvalue weighted by Crippen LogP contribution is -2.30. The van der Waals surface area contributed by atoms with Crippen LogP contribution in [0.15, 0.2) is 0 Å². The molecule has 19 heteroatoms. The molecule has 4 unspecified atom stereocenters. The quantitative estimate of drug-likeness (QED) is 0.0222. The van der Waals surface area contributed by atoms with Crippen molar-refractivity contribution in [3.05, 3.63) is 0 Å². The van der Waals surface area contributed by atoms with Crippen molar-refractivity contribution in [3.63, 3.8) is 0 Å². The van der Waals surface area contributed by atoms with Crippen molar-refractivity contribution in [2.75, 3.05) is 39.6 Å². The topological polar surface area (TPSA) is 237 Å². The van der Waals surface area contributed by atoms with E-state index in [9.17, 15) is 43.2 Å². The second kappa shape index (κ2) is 64.7. The maximum Gasteiger partial charge on any atom is 0.472 e. The Balaban J connectivity index is 5.24. The maximum absolute atomic E-state index is 13.1. The number of hydrogen-bond donors (Lipinski definition) is 3. The van der Waals surface area contributed by atoms with E-state index < -0.39 is 97.5 Å². The summed E-state index contributed by atoms with van der Waals surface area (Å²) in [5, 5.41) is 10.6. The molecule has 0 aromatic heterocycles. The van der Waals surface area contributed by atoms with Crippen molar-refractivity contribution in [1.82, 2.24) is 0 Å². The SMILES string of the molecule is CCCCCCCCCCCCCC(=O)O[C@H](COC(=O)CCCCCCCCC(C)CC)COP(=O)(O)OC[C@H](O)COP(=O)(O)OC[C@@H](COC(=O)CCCCCCCCCCCCCC(C)C)OC(=O)CCCCCCCCCCCCCCCCC(C)CC. The van der Waals surface area contributed by atoms with E-state index in [1.807, 2.05) is 0 Å². The van der Waals surface area contributed by atoms with Gasteiger partial charge in [0, 0.05) is 25.7 Å². The average molecular weight is 1370 g/mol. The van der Waals surface area contributed by atoms with Gasteiger partial charge in [-0.3, -0.25) is 37.3 Å². The van der Waals surface area contributed by atoms with Crippen LogP contribution >= 0.6 is 15.6 Å². The van der Waals surface area contributed by atoms with E-state index in [2.05, 4.69) is 48.5 Å². The fraction of sp³-hybridized carbons (Fsp3) is 0.946. The first-order chi connectivity index (χ1) is 44.8. The van der Waals surface area contributed by atoms with Gasteiger partial charge in [0.25, 0.3) is 0 Å². The first kappa shape index (κ1) is 91.1. The number of carbonyl (C=O) groups is 4. The van der Waals surface area contributed by atoms with Crippen LogP contribution in [0.1, 0.15) is 376 Å². The van der Waals surface area contributed by atoms with Crippen LogP contribution in [0.3, 0.4) is 0 Å². The summed E-state index contributed by atoms with van der Waals surface area (Å²) in [6, 6.07) is 0. The fourth-order valence-corrected chi connectivity index (χ4v) is 12.8. The Kier molecular flexibility index (Phi) is 63.4. The van der Waals surface area contributed by atoms with Crippen molar-refractivity contribution in [2.24, 2.45) is 17.8 Å². The molecule has 0 fully saturated rings. The van der Waals surface area contributed by atoms with Gasteiger partial charge in [0.2, 0.25) is 0 Å². The number of aliphatic hydroxyl groups excluding tert-OH is 1. The molecular formula is C74H144O17P2. The molecule has 0 saturated heterocycles. The summed E-state index contributed by atoms with van der Waals surface area (Å²) in [6.45, 7) is 11.9. The largest absolute Gasteiger partial charge is 0.472 e. The lowest BCUT2D eigenvalue weighted by Gasteiger charge is -2.21. The van der Waals surface area contributed by atoms with Crippen LogP contribution in [0, 0.1) is 17.8 Å². The number of phosphoric ester groups is 2. The van der Waals surface area contributed by atoms with Crippen molar-refractivity contribution in [3.8, 4) is 0 Å². The van der Waals surface area contributed by atoms with Crippen molar-refractivity contribution in [1.29, 1.82) is 0 Å². The molecular weight excluding hydrogens is 1220 g/mol. The highest BCUT2D eigenvalue weighted by Crippen LogP contribution is 2.45. The highest BCUT2D eigenvalue weighted by molar-refractivity contribution is 7.47. The van der Waals surface area contributed by atoms with Crippen LogP contribution in [-0.2, 0) is 65.4 Å². The van der Waals surface area contributed by atoms with Gasteiger partial charge in [0.05, 0.1) is 26.4 Å². The van der Waals surface area contributed by atoms with Crippen molar-refractivity contribution >= 4 is 39.5 Å². The molecule has 93 heavy (non-hydrogen) atoms. The molecule has 0 aliphatic rings. The fourth-order valence-electron chi connectivity index (χ4n) is 11.2. The number of phosphoric acid groups is 2. The van der Waals surface area contributed by atoms with Gasteiger partial charge in [-0.25, -0.2) is 9.13 Å². The third-order valence-electron chi connectivity index (χ3n) is 17.9. The highest BCUT2D eigenvalue weighted by atomic mass is 31.2. The molecule has 0 heterocycles. The minimum Gasteiger partial charge on any atom is -0.462 e. The standard InChI is InChI=1S/C74H144O17P2/c1-8-11-12-13-14-15-21-29-34-43-50-57-73(78)91-70(62-85-72(77)56-49-42-37-36-40-47-54-67(7)10-3)64-89-93(82,83)87-60-68(75)59-86-92(80,81)88-63-69(61-84-71(76)55-48-41-33-28-25-20-22-26-31-38-45-52-65(4)5)90-74(79)58-51-44-35-30-24-19-17-16-18-23-27-32-39-46-53-66(6)9-2/h65-70,75H,8-64H2,1-7H3,(H,80,81)(H,82,83)/t66?,67?,68-,69-,70-/m1/s1. The monoisotopic (exact) mass is 1370 g/mol. The Bertz CT molecular complexity index is 1820. The Morgan fingerprint density at radius 1 is 0.312 bits per heavy atom. The molecule has 0 aromatic carbocycles. The Morgan fingerprint density at radius 2 is 0.548 bits per heavy atom. The zero-order valence-corrected chi connectivity index (χ0v) is 62.5. The Hall–Kier alpha value is -1.94. The van der Waals surface area contributed by atoms with Crippen LogP contribution in [0.4, 0.5) is 0 Å². The maximum atomic E-state index is 13.1. The molecule has 0 spiro atoms. The number of rotatable bonds is 72. The highest BCUT2D eigenvalue weighted by Gasteiger charge is 2.30. The summed E-state index contributed by atoms with van der Waals surface area (Å²) in [5.74, 6) is 0.227. The number of ether oxygens (including phenoxy) is 4. The third-order valence-corrected chi connectivity index (χ3v) is 19.8. The predicted molar refractivity (Wildman–Crippen MR) is 377 cm³/mol. The van der Waals surface area contributed by atoms with Gasteiger partial charge >= 0.3 is 39.5 Å². The predicted octanol–water partition coefficient (Wildman–Crippen LogP) is 21.4. The molecule has 0 saturated carbocycles. The molecule has 0 aliphatic heterocycles. The van der Waals surface area contributed by atoms with E-state index in [0.717, 1.165) is 114 Å². The lowest BCUT2D eigenvalue weighted by molar-refractivity contribution is -0.161. The smallest absolute Gasteiger partial charge is 0.462 e. The molecule has 3 N–H and O–H groups in total. The van der Waals surface area contributed by atoms with E-state index in [0.29, 0.717) is 25.7 Å². The summed E-state index contributed by atoms with van der Waals surface area (Å²) >= 11 is 0.